The molecule has 0 aromatic carbocycles. The van der Waals surface area contributed by atoms with Crippen LogP contribution in [-0.4, -0.2) is 0 Å². The zero-order valence-electron chi connectivity index (χ0n) is 9.81. The van der Waals surface area contributed by atoms with Crippen LogP contribution < -0.4 is 0 Å². The van der Waals surface area contributed by atoms with Gasteiger partial charge in [-0.15, -0.1) is 0 Å². The molecular weight excluding hydrogens is 192 g/mol. The van der Waals surface area contributed by atoms with Crippen LogP contribution in [0.1, 0.15) is 25.7 Å². The summed E-state index contributed by atoms with van der Waals surface area (Å²) in [5, 5.41) is 0. The first-order chi connectivity index (χ1) is 7.86. The minimum atomic E-state index is 0.508. The molecule has 0 aliphatic heterocycles. The summed E-state index contributed by atoms with van der Waals surface area (Å²) in [6, 6.07) is 0. The highest BCUT2D eigenvalue weighted by atomic mass is 14.6. The van der Waals surface area contributed by atoms with Crippen molar-refractivity contribution in [3.63, 3.8) is 0 Å². The molecule has 0 aromatic heterocycles. The van der Waals surface area contributed by atoms with E-state index in [-0.39, 0.29) is 0 Å². The van der Waals surface area contributed by atoms with Gasteiger partial charge in [0.15, 0.2) is 0 Å². The predicted molar refractivity (Wildman–Crippen MR) is 69.0 cm³/mol. The average molecular weight is 212 g/mol. The minimum absolute atomic E-state index is 0.508. The Morgan fingerprint density at radius 2 is 2.31 bits per heavy atom. The maximum absolute atomic E-state index is 3.72. The third kappa shape index (κ3) is 1.36. The monoisotopic (exact) mass is 212 g/mol. The van der Waals surface area contributed by atoms with Crippen molar-refractivity contribution in [1.82, 2.24) is 0 Å². The van der Waals surface area contributed by atoms with Crippen LogP contribution in [0.4, 0.5) is 0 Å². The minimum Gasteiger partial charge on any atom is -0.0991 e. The van der Waals surface area contributed by atoms with E-state index in [1.54, 1.807) is 0 Å². The van der Waals surface area contributed by atoms with E-state index < -0.39 is 0 Å². The van der Waals surface area contributed by atoms with Gasteiger partial charge >= 0.3 is 0 Å². The van der Waals surface area contributed by atoms with Crippen LogP contribution in [0.15, 0.2) is 49.1 Å². The van der Waals surface area contributed by atoms with Crippen molar-refractivity contribution in [2.45, 2.75) is 25.7 Å². The number of rotatable bonds is 4. The fourth-order valence-corrected chi connectivity index (χ4v) is 4.06. The van der Waals surface area contributed by atoms with Gasteiger partial charge in [0.05, 0.1) is 0 Å². The van der Waals surface area contributed by atoms with E-state index in [1.807, 2.05) is 6.08 Å². The number of hydrogen-bond acceptors (Lipinski definition) is 0. The summed E-state index contributed by atoms with van der Waals surface area (Å²) in [5.74, 6) is 2.66. The molecule has 4 unspecified atom stereocenters. The summed E-state index contributed by atoms with van der Waals surface area (Å²) in [7, 11) is 0. The Kier molecular flexibility index (Phi) is 2.38. The second kappa shape index (κ2) is 3.76. The lowest BCUT2D eigenvalue weighted by Gasteiger charge is -2.31. The van der Waals surface area contributed by atoms with Crippen molar-refractivity contribution in [2.75, 3.05) is 0 Å². The highest BCUT2D eigenvalue weighted by Crippen LogP contribution is 2.62. The molecule has 84 valence electrons. The largest absolute Gasteiger partial charge is 0.0991 e. The molecule has 2 bridgehead atoms. The topological polar surface area (TPSA) is 0 Å². The maximum atomic E-state index is 3.72. The summed E-state index contributed by atoms with van der Waals surface area (Å²) in [5.41, 5.74) is 0.508. The first kappa shape index (κ1) is 10.1. The van der Waals surface area contributed by atoms with Gasteiger partial charge in [0.25, 0.3) is 0 Å². The molecule has 16 heavy (non-hydrogen) atoms. The Bertz CT molecular complexity index is 371. The van der Waals surface area contributed by atoms with E-state index >= 15 is 0 Å². The molecule has 0 heterocycles. The molecule has 1 fully saturated rings. The summed E-state index contributed by atoms with van der Waals surface area (Å²) in [6.45, 7) is 3.72. The smallest absolute Gasteiger partial charge is 0.00438 e. The zero-order valence-corrected chi connectivity index (χ0v) is 9.81. The van der Waals surface area contributed by atoms with Crippen LogP contribution >= 0.6 is 0 Å². The SMILES string of the molecule is C=CC=CCCC12C=CC(C1)C1CC=CC12. The molecule has 4 atom stereocenters. The molecule has 0 N–H and O–H groups in total. The summed E-state index contributed by atoms with van der Waals surface area (Å²) < 4.78 is 0. The van der Waals surface area contributed by atoms with Gasteiger partial charge in [-0.2, -0.15) is 0 Å². The van der Waals surface area contributed by atoms with E-state index in [4.69, 9.17) is 0 Å². The Morgan fingerprint density at radius 1 is 1.38 bits per heavy atom. The van der Waals surface area contributed by atoms with Crippen molar-refractivity contribution in [3.8, 4) is 0 Å². The van der Waals surface area contributed by atoms with Crippen LogP contribution in [0.5, 0.6) is 0 Å². The third-order valence-corrected chi connectivity index (χ3v) is 4.77. The Hall–Kier alpha value is -1.04. The molecule has 0 aromatic rings. The molecule has 3 aliphatic carbocycles. The summed E-state index contributed by atoms with van der Waals surface area (Å²) in [4.78, 5) is 0. The van der Waals surface area contributed by atoms with Crippen molar-refractivity contribution in [1.29, 1.82) is 0 Å². The van der Waals surface area contributed by atoms with Crippen LogP contribution in [0.2, 0.25) is 0 Å². The molecule has 0 radical (unpaired) electrons. The summed E-state index contributed by atoms with van der Waals surface area (Å²) in [6.07, 6.45) is 21.4. The van der Waals surface area contributed by atoms with E-state index in [0.29, 0.717) is 5.41 Å². The van der Waals surface area contributed by atoms with Gasteiger partial charge in [0.1, 0.15) is 0 Å². The Balaban J connectivity index is 1.72. The lowest BCUT2D eigenvalue weighted by Crippen LogP contribution is -2.24. The summed E-state index contributed by atoms with van der Waals surface area (Å²) >= 11 is 0. The van der Waals surface area contributed by atoms with E-state index in [0.717, 1.165) is 17.8 Å². The van der Waals surface area contributed by atoms with Crippen molar-refractivity contribution in [2.24, 2.45) is 23.2 Å². The molecule has 1 saturated carbocycles. The van der Waals surface area contributed by atoms with Gasteiger partial charge in [0.2, 0.25) is 0 Å². The van der Waals surface area contributed by atoms with Crippen LogP contribution in [-0.2, 0) is 0 Å². The van der Waals surface area contributed by atoms with Crippen molar-refractivity contribution < 1.29 is 0 Å². The lowest BCUT2D eigenvalue weighted by molar-refractivity contribution is 0.273. The molecule has 0 amide bonds. The highest BCUT2D eigenvalue weighted by Gasteiger charge is 2.53. The average Bonchev–Trinajstić information content (AvgIpc) is 2.95. The normalized spacial score (nSPS) is 43.4. The van der Waals surface area contributed by atoms with Crippen LogP contribution in [0, 0.1) is 23.2 Å². The molecule has 0 saturated heterocycles. The molecule has 3 aliphatic rings. The van der Waals surface area contributed by atoms with E-state index in [1.165, 1.54) is 25.7 Å². The fourth-order valence-electron chi connectivity index (χ4n) is 4.06. The standard InChI is InChI=1S/C16H20/c1-2-3-4-5-10-16-11-9-13(12-16)14-7-6-8-15(14)16/h2-4,6,8-9,11,13-15H,1,5,7,10,12H2. The lowest BCUT2D eigenvalue weighted by atomic mass is 9.72. The molecular formula is C16H20. The van der Waals surface area contributed by atoms with Gasteiger partial charge in [0, 0.05) is 0 Å². The van der Waals surface area contributed by atoms with Gasteiger partial charge in [-0.1, -0.05) is 49.1 Å². The van der Waals surface area contributed by atoms with E-state index in [9.17, 15) is 0 Å². The quantitative estimate of drug-likeness (QED) is 0.482. The Labute approximate surface area is 98.4 Å². The van der Waals surface area contributed by atoms with Gasteiger partial charge in [-0.3, -0.25) is 0 Å². The third-order valence-electron chi connectivity index (χ3n) is 4.77. The number of allylic oxidation sites excluding steroid dienone is 7. The molecule has 0 nitrogen and oxygen atoms in total. The van der Waals surface area contributed by atoms with Crippen LogP contribution in [0.3, 0.4) is 0 Å². The Morgan fingerprint density at radius 3 is 3.19 bits per heavy atom. The zero-order chi connectivity index (χ0) is 11.0. The maximum Gasteiger partial charge on any atom is -0.00438 e. The van der Waals surface area contributed by atoms with Crippen LogP contribution in [0.25, 0.3) is 0 Å². The highest BCUT2D eigenvalue weighted by molar-refractivity contribution is 5.28. The van der Waals surface area contributed by atoms with Crippen molar-refractivity contribution in [3.05, 3.63) is 49.1 Å². The van der Waals surface area contributed by atoms with Gasteiger partial charge < -0.3 is 0 Å². The number of hydrogen-bond donors (Lipinski definition) is 0. The first-order valence-electron chi connectivity index (χ1n) is 6.49. The number of fused-ring (bicyclic) bond motifs is 5. The predicted octanol–water partition coefficient (Wildman–Crippen LogP) is 4.28. The first-order valence-corrected chi connectivity index (χ1v) is 6.49. The molecule has 0 spiro atoms. The second-order valence-corrected chi connectivity index (χ2v) is 5.52. The fraction of sp³-hybridized carbons (Fsp3) is 0.500. The molecule has 3 rings (SSSR count). The van der Waals surface area contributed by atoms with Gasteiger partial charge in [-0.05, 0) is 48.9 Å². The van der Waals surface area contributed by atoms with E-state index in [2.05, 4.69) is 43.0 Å². The molecule has 0 heteroatoms. The van der Waals surface area contributed by atoms with Crippen molar-refractivity contribution >= 4 is 0 Å². The second-order valence-electron chi connectivity index (χ2n) is 5.52. The van der Waals surface area contributed by atoms with Gasteiger partial charge in [-0.25, -0.2) is 0 Å².